The summed E-state index contributed by atoms with van der Waals surface area (Å²) in [5, 5.41) is 14.8. The predicted molar refractivity (Wildman–Crippen MR) is 61.1 cm³/mol. The molecule has 2 heterocycles. The largest absolute Gasteiger partial charge is 0.385 e. The van der Waals surface area contributed by atoms with Crippen LogP contribution in [-0.4, -0.2) is 28.1 Å². The molecule has 1 unspecified atom stereocenters. The topological polar surface area (TPSA) is 47.3 Å². The summed E-state index contributed by atoms with van der Waals surface area (Å²) < 4.78 is 7.28. The molecule has 0 aliphatic carbocycles. The van der Waals surface area contributed by atoms with Crippen LogP contribution in [0.3, 0.4) is 0 Å². The van der Waals surface area contributed by atoms with Crippen molar-refractivity contribution in [2.45, 2.75) is 44.8 Å². The van der Waals surface area contributed by atoms with E-state index in [4.69, 9.17) is 4.74 Å². The molecule has 1 aromatic heterocycles. The first-order chi connectivity index (χ1) is 7.74. The van der Waals surface area contributed by atoms with E-state index in [9.17, 15) is 5.11 Å². The van der Waals surface area contributed by atoms with Gasteiger partial charge in [-0.3, -0.25) is 4.68 Å². The smallest absolute Gasteiger partial charge is 0.0949 e. The number of rotatable bonds is 3. The van der Waals surface area contributed by atoms with Crippen LogP contribution in [0, 0.1) is 0 Å². The van der Waals surface area contributed by atoms with E-state index in [1.165, 1.54) is 0 Å². The molecule has 1 fully saturated rings. The molecule has 1 N–H and O–H groups in total. The first kappa shape index (κ1) is 11.6. The number of nitrogens with zero attached hydrogens (tertiary/aromatic N) is 2. The zero-order valence-electron chi connectivity index (χ0n) is 9.85. The Morgan fingerprint density at radius 3 is 3.19 bits per heavy atom. The minimum absolute atomic E-state index is 0.634. The molecular formula is C12H20N2O2. The minimum Gasteiger partial charge on any atom is -0.385 e. The number of hydrogen-bond donors (Lipinski definition) is 1. The lowest BCUT2D eigenvalue weighted by molar-refractivity contribution is 0.0143. The Kier molecular flexibility index (Phi) is 3.61. The monoisotopic (exact) mass is 224 g/mol. The van der Waals surface area contributed by atoms with Gasteiger partial charge in [0.2, 0.25) is 0 Å². The summed E-state index contributed by atoms with van der Waals surface area (Å²) in [7, 11) is 0. The molecule has 4 heteroatoms. The minimum atomic E-state index is -0.734. The highest BCUT2D eigenvalue weighted by Crippen LogP contribution is 2.31. The summed E-state index contributed by atoms with van der Waals surface area (Å²) in [5.74, 6) is 0. The fourth-order valence-electron chi connectivity index (χ4n) is 2.18. The van der Waals surface area contributed by atoms with Gasteiger partial charge in [-0.1, -0.05) is 6.92 Å². The van der Waals surface area contributed by atoms with E-state index in [1.807, 2.05) is 10.9 Å². The lowest BCUT2D eigenvalue weighted by Gasteiger charge is -2.24. The van der Waals surface area contributed by atoms with Crippen LogP contribution in [-0.2, 0) is 16.9 Å². The Morgan fingerprint density at radius 2 is 2.38 bits per heavy atom. The van der Waals surface area contributed by atoms with Gasteiger partial charge in [-0.25, -0.2) is 0 Å². The van der Waals surface area contributed by atoms with Gasteiger partial charge >= 0.3 is 0 Å². The Balaban J connectivity index is 2.13. The van der Waals surface area contributed by atoms with Crippen molar-refractivity contribution in [3.05, 3.63) is 18.0 Å². The van der Waals surface area contributed by atoms with E-state index in [2.05, 4.69) is 12.0 Å². The van der Waals surface area contributed by atoms with E-state index in [-0.39, 0.29) is 0 Å². The maximum Gasteiger partial charge on any atom is 0.0949 e. The summed E-state index contributed by atoms with van der Waals surface area (Å²) in [6, 6.07) is 0. The van der Waals surface area contributed by atoms with Gasteiger partial charge in [0.1, 0.15) is 0 Å². The first-order valence-corrected chi connectivity index (χ1v) is 6.08. The standard InChI is InChI=1S/C12H20N2O2/c1-2-6-14-10-11(9-13-14)12(15)4-3-7-16-8-5-12/h9-10,15H,2-8H2,1H3. The molecule has 16 heavy (non-hydrogen) atoms. The molecule has 0 spiro atoms. The van der Waals surface area contributed by atoms with Crippen molar-refractivity contribution in [3.63, 3.8) is 0 Å². The van der Waals surface area contributed by atoms with Gasteiger partial charge in [-0.15, -0.1) is 0 Å². The molecule has 1 atom stereocenters. The fraction of sp³-hybridized carbons (Fsp3) is 0.750. The van der Waals surface area contributed by atoms with Crippen LogP contribution in [0.5, 0.6) is 0 Å². The van der Waals surface area contributed by atoms with Crippen LogP contribution in [0.25, 0.3) is 0 Å². The van der Waals surface area contributed by atoms with Gasteiger partial charge in [0.05, 0.1) is 11.8 Å². The van der Waals surface area contributed by atoms with E-state index in [0.29, 0.717) is 13.0 Å². The molecule has 90 valence electrons. The Labute approximate surface area is 96.2 Å². The second-order valence-corrected chi connectivity index (χ2v) is 4.49. The van der Waals surface area contributed by atoms with Crippen LogP contribution in [0.15, 0.2) is 12.4 Å². The zero-order chi connectivity index (χ0) is 11.4. The average molecular weight is 224 g/mol. The molecule has 0 aromatic carbocycles. The molecule has 1 aliphatic heterocycles. The summed E-state index contributed by atoms with van der Waals surface area (Å²) in [6.45, 7) is 4.42. The number of aliphatic hydroxyl groups is 1. The van der Waals surface area contributed by atoms with Crippen LogP contribution in [0.1, 0.15) is 38.2 Å². The number of aryl methyl sites for hydroxylation is 1. The number of aromatic nitrogens is 2. The van der Waals surface area contributed by atoms with Crippen molar-refractivity contribution in [1.82, 2.24) is 9.78 Å². The quantitative estimate of drug-likeness (QED) is 0.849. The van der Waals surface area contributed by atoms with Gasteiger partial charge in [-0.05, 0) is 19.3 Å². The Hall–Kier alpha value is -0.870. The van der Waals surface area contributed by atoms with Crippen molar-refractivity contribution < 1.29 is 9.84 Å². The molecule has 1 aromatic rings. The van der Waals surface area contributed by atoms with Gasteiger partial charge in [-0.2, -0.15) is 5.10 Å². The normalized spacial score (nSPS) is 26.6. The third-order valence-electron chi connectivity index (χ3n) is 3.16. The van der Waals surface area contributed by atoms with Gasteiger partial charge in [0.25, 0.3) is 0 Å². The molecule has 4 nitrogen and oxygen atoms in total. The molecule has 0 radical (unpaired) electrons. The van der Waals surface area contributed by atoms with Crippen molar-refractivity contribution in [1.29, 1.82) is 0 Å². The summed E-state index contributed by atoms with van der Waals surface area (Å²) in [6.07, 6.45) is 7.17. The molecule has 0 saturated carbocycles. The number of ether oxygens (including phenoxy) is 1. The number of hydrogen-bond acceptors (Lipinski definition) is 3. The van der Waals surface area contributed by atoms with Crippen molar-refractivity contribution in [2.75, 3.05) is 13.2 Å². The van der Waals surface area contributed by atoms with E-state index in [1.54, 1.807) is 6.20 Å². The Morgan fingerprint density at radius 1 is 1.50 bits per heavy atom. The van der Waals surface area contributed by atoms with Crippen molar-refractivity contribution in [2.24, 2.45) is 0 Å². The van der Waals surface area contributed by atoms with Crippen LogP contribution < -0.4 is 0 Å². The highest BCUT2D eigenvalue weighted by atomic mass is 16.5. The zero-order valence-corrected chi connectivity index (χ0v) is 9.85. The SMILES string of the molecule is CCCn1cc(C2(O)CCCOCC2)cn1. The van der Waals surface area contributed by atoms with Gasteiger partial charge < -0.3 is 9.84 Å². The second-order valence-electron chi connectivity index (χ2n) is 4.49. The van der Waals surface area contributed by atoms with Crippen LogP contribution in [0.2, 0.25) is 0 Å². The lowest BCUT2D eigenvalue weighted by Crippen LogP contribution is -2.25. The first-order valence-electron chi connectivity index (χ1n) is 6.08. The highest BCUT2D eigenvalue weighted by molar-refractivity contribution is 5.15. The molecular weight excluding hydrogens is 204 g/mol. The molecule has 1 aliphatic rings. The second kappa shape index (κ2) is 4.97. The van der Waals surface area contributed by atoms with Crippen LogP contribution >= 0.6 is 0 Å². The average Bonchev–Trinajstić information content (AvgIpc) is 2.63. The summed E-state index contributed by atoms with van der Waals surface area (Å²) >= 11 is 0. The van der Waals surface area contributed by atoms with Crippen molar-refractivity contribution in [3.8, 4) is 0 Å². The third-order valence-corrected chi connectivity index (χ3v) is 3.16. The van der Waals surface area contributed by atoms with E-state index >= 15 is 0 Å². The maximum absolute atomic E-state index is 10.6. The molecule has 1 saturated heterocycles. The third kappa shape index (κ3) is 2.44. The maximum atomic E-state index is 10.6. The summed E-state index contributed by atoms with van der Waals surface area (Å²) in [4.78, 5) is 0. The van der Waals surface area contributed by atoms with Crippen molar-refractivity contribution >= 4 is 0 Å². The van der Waals surface area contributed by atoms with E-state index < -0.39 is 5.60 Å². The van der Waals surface area contributed by atoms with E-state index in [0.717, 1.165) is 38.0 Å². The highest BCUT2D eigenvalue weighted by Gasteiger charge is 2.31. The lowest BCUT2D eigenvalue weighted by atomic mass is 9.89. The predicted octanol–water partition coefficient (Wildman–Crippen LogP) is 1.68. The molecule has 0 amide bonds. The molecule has 2 rings (SSSR count). The summed E-state index contributed by atoms with van der Waals surface area (Å²) in [5.41, 5.74) is 0.203. The van der Waals surface area contributed by atoms with Gasteiger partial charge in [0, 0.05) is 37.9 Å². The van der Waals surface area contributed by atoms with Crippen LogP contribution in [0.4, 0.5) is 0 Å². The fourth-order valence-corrected chi connectivity index (χ4v) is 2.18. The Bertz CT molecular complexity index is 328. The molecule has 0 bridgehead atoms. The van der Waals surface area contributed by atoms with Gasteiger partial charge in [0.15, 0.2) is 0 Å².